The van der Waals surface area contributed by atoms with E-state index in [-0.39, 0.29) is 39.7 Å². The fourth-order valence-electron chi connectivity index (χ4n) is 5.90. The summed E-state index contributed by atoms with van der Waals surface area (Å²) in [6.45, 7) is 14.1. The molecule has 234 valence electrons. The Balaban J connectivity index is 0.000000397. The van der Waals surface area contributed by atoms with Crippen LogP contribution in [-0.2, 0) is 23.3 Å². The number of fused-ring (bicyclic) bond motifs is 3. The minimum absolute atomic E-state index is 0. The molecule has 5 aromatic rings. The van der Waals surface area contributed by atoms with E-state index < -0.39 is 0 Å². The number of rotatable bonds is 3. The van der Waals surface area contributed by atoms with Gasteiger partial charge in [-0.25, -0.2) is 0 Å². The van der Waals surface area contributed by atoms with Crippen LogP contribution >= 0.6 is 24.8 Å². The van der Waals surface area contributed by atoms with Crippen LogP contribution in [0.25, 0.3) is 32.7 Å². The molecule has 0 N–H and O–H groups in total. The van der Waals surface area contributed by atoms with Gasteiger partial charge in [0.2, 0.25) is 0 Å². The number of hydrogen-bond donors (Lipinski definition) is 0. The molecule has 1 unspecified atom stereocenters. The number of nitrogens with zero attached hydrogens (tertiary/aromatic N) is 1. The van der Waals surface area contributed by atoms with Crippen molar-refractivity contribution in [2.24, 2.45) is 5.92 Å². The van der Waals surface area contributed by atoms with Gasteiger partial charge in [-0.2, -0.15) is 6.07 Å². The Bertz CT molecular complexity index is 1790. The van der Waals surface area contributed by atoms with Crippen LogP contribution in [0.2, 0.25) is 0 Å². The molecule has 1 aliphatic carbocycles. The van der Waals surface area contributed by atoms with E-state index in [2.05, 4.69) is 162 Å². The van der Waals surface area contributed by atoms with Crippen LogP contribution in [0.5, 0.6) is 0 Å². The summed E-state index contributed by atoms with van der Waals surface area (Å²) in [7, 11) is 0. The third-order valence-electron chi connectivity index (χ3n) is 7.91. The second-order valence-corrected chi connectivity index (χ2v) is 11.1. The molecule has 1 aliphatic heterocycles. The Labute approximate surface area is 300 Å². The van der Waals surface area contributed by atoms with Crippen molar-refractivity contribution in [3.63, 3.8) is 0 Å². The quantitative estimate of drug-likeness (QED) is 0.132. The first kappa shape index (κ1) is 40.5. The minimum atomic E-state index is 0. The molecule has 0 bridgehead atoms. The molecule has 0 aromatic heterocycles. The fourth-order valence-corrected chi connectivity index (χ4v) is 5.90. The molecule has 0 amide bonds. The molecular weight excluding hydrogens is 685 g/mol. The fraction of sp³-hybridized carbons (Fsp3) is 0.175. The van der Waals surface area contributed by atoms with Crippen molar-refractivity contribution >= 4 is 58.9 Å². The molecule has 1 heterocycles. The number of aryl methyl sites for hydroxylation is 2. The topological polar surface area (TPSA) is 3.24 Å². The average Bonchev–Trinajstić information content (AvgIpc) is 3.67. The molecule has 5 heteroatoms. The zero-order valence-corrected chi connectivity index (χ0v) is 32.4. The first-order chi connectivity index (χ1) is 19.9. The van der Waals surface area contributed by atoms with Crippen LogP contribution in [0.15, 0.2) is 126 Å². The maximum absolute atomic E-state index is 3.53. The Morgan fingerprint density at radius 2 is 1.42 bits per heavy atom. The molecular formula is C40H43Cl2NSiZr-4. The molecule has 0 saturated heterocycles. The second kappa shape index (κ2) is 18.0. The Kier molecular flexibility index (Phi) is 16.2. The predicted octanol–water partition coefficient (Wildman–Crippen LogP) is 11.5. The van der Waals surface area contributed by atoms with Crippen molar-refractivity contribution < 1.29 is 23.3 Å². The number of halogens is 2. The van der Waals surface area contributed by atoms with Gasteiger partial charge in [-0.05, 0) is 41.3 Å². The molecule has 7 rings (SSSR count). The van der Waals surface area contributed by atoms with E-state index in [0.717, 1.165) is 0 Å². The van der Waals surface area contributed by atoms with Gasteiger partial charge < -0.3 is 19.8 Å². The SMILES string of the molecule is CC(C)C1=[C-]C2=CC(C)N(c3ccccc3)C2=C1.Cc1cc2c(-c3cccc4ccccc34)ccc(C)c2[cH-]1.Cl.Cl.[CH3-].[CH3-].[Si]=[Zr]. The Morgan fingerprint density at radius 1 is 0.800 bits per heavy atom. The first-order valence-corrected chi connectivity index (χ1v) is 18.4. The summed E-state index contributed by atoms with van der Waals surface area (Å²) in [5.74, 6) is 0.539. The van der Waals surface area contributed by atoms with E-state index in [9.17, 15) is 0 Å². The summed E-state index contributed by atoms with van der Waals surface area (Å²) in [6.07, 6.45) is 8.11. The molecule has 5 aromatic carbocycles. The molecule has 1 atom stereocenters. The van der Waals surface area contributed by atoms with Gasteiger partial charge in [-0.3, -0.25) is 0 Å². The second-order valence-electron chi connectivity index (χ2n) is 11.1. The zero-order chi connectivity index (χ0) is 29.1. The van der Waals surface area contributed by atoms with Gasteiger partial charge in [0.05, 0.1) is 0 Å². The number of benzene rings is 4. The third kappa shape index (κ3) is 8.44. The van der Waals surface area contributed by atoms with Crippen molar-refractivity contribution in [1.82, 2.24) is 0 Å². The molecule has 1 nitrogen and oxygen atoms in total. The molecule has 0 saturated carbocycles. The van der Waals surface area contributed by atoms with Gasteiger partial charge >= 0.3 is 30.2 Å². The van der Waals surface area contributed by atoms with Crippen molar-refractivity contribution in [2.75, 3.05) is 4.90 Å². The van der Waals surface area contributed by atoms with Crippen molar-refractivity contribution in [1.29, 1.82) is 0 Å². The van der Waals surface area contributed by atoms with Gasteiger partial charge in [0.25, 0.3) is 0 Å². The van der Waals surface area contributed by atoms with Crippen molar-refractivity contribution in [3.05, 3.63) is 158 Å². The average molecular weight is 728 g/mol. The van der Waals surface area contributed by atoms with Gasteiger partial charge in [-0.1, -0.05) is 106 Å². The van der Waals surface area contributed by atoms with Crippen LogP contribution in [0, 0.1) is 40.7 Å². The van der Waals surface area contributed by atoms with Gasteiger partial charge in [0.1, 0.15) is 0 Å². The third-order valence-corrected chi connectivity index (χ3v) is 7.91. The summed E-state index contributed by atoms with van der Waals surface area (Å²) >= 11 is 1.36. The van der Waals surface area contributed by atoms with E-state index >= 15 is 0 Å². The molecule has 0 spiro atoms. The molecule has 45 heavy (non-hydrogen) atoms. The summed E-state index contributed by atoms with van der Waals surface area (Å²) in [6, 6.07) is 35.3. The van der Waals surface area contributed by atoms with Crippen LogP contribution in [-0.4, -0.2) is 12.9 Å². The van der Waals surface area contributed by atoms with Crippen molar-refractivity contribution in [2.45, 2.75) is 40.7 Å². The Morgan fingerprint density at radius 3 is 2.11 bits per heavy atom. The molecule has 2 aliphatic rings. The summed E-state index contributed by atoms with van der Waals surface area (Å²) in [5.41, 5.74) is 10.5. The van der Waals surface area contributed by atoms with E-state index in [1.807, 2.05) is 0 Å². The monoisotopic (exact) mass is 725 g/mol. The van der Waals surface area contributed by atoms with Gasteiger partial charge in [-0.15, -0.1) is 88.2 Å². The summed E-state index contributed by atoms with van der Waals surface area (Å²) in [4.78, 5) is 2.39. The molecule has 2 radical (unpaired) electrons. The number of anilines is 1. The van der Waals surface area contributed by atoms with Crippen LogP contribution < -0.4 is 4.90 Å². The number of para-hydroxylation sites is 1. The van der Waals surface area contributed by atoms with Crippen LogP contribution in [0.1, 0.15) is 31.9 Å². The zero-order valence-electron chi connectivity index (χ0n) is 27.3. The number of hydrogen-bond acceptors (Lipinski definition) is 1. The van der Waals surface area contributed by atoms with Gasteiger partial charge in [0.15, 0.2) is 0 Å². The normalized spacial score (nSPS) is 14.1. The van der Waals surface area contributed by atoms with E-state index in [4.69, 9.17) is 0 Å². The molecule has 0 fully saturated rings. The number of allylic oxidation sites excluding steroid dienone is 3. The van der Waals surface area contributed by atoms with Crippen LogP contribution in [0.3, 0.4) is 0 Å². The van der Waals surface area contributed by atoms with E-state index in [1.165, 1.54) is 89.7 Å². The standard InChI is InChI=1S/C21H17.C17H18N.2CH3.2ClH.Si.Zr/c1-14-12-20-15(2)10-11-19(21(20)13-14)18-9-5-7-16-6-3-4-8-17(16)18;1-12(2)14-10-15-9-13(3)18(17(15)11-14)16-7-5-4-6-8-16;;;;;;/h3-13H,1-2H3;4-9,11-13H,1-3H3;2*1H3;2*1H;;/q4*-1;;;;. The van der Waals surface area contributed by atoms with Crippen molar-refractivity contribution in [3.8, 4) is 11.1 Å². The van der Waals surface area contributed by atoms with E-state index in [1.54, 1.807) is 0 Å². The first-order valence-electron chi connectivity index (χ1n) is 14.2. The summed E-state index contributed by atoms with van der Waals surface area (Å²) < 4.78 is 0. The van der Waals surface area contributed by atoms with E-state index in [0.29, 0.717) is 12.0 Å². The maximum atomic E-state index is 3.53. The Hall–Kier alpha value is -2.55. The summed E-state index contributed by atoms with van der Waals surface area (Å²) in [5, 5.41) is 5.36. The van der Waals surface area contributed by atoms with Crippen LogP contribution in [0.4, 0.5) is 5.69 Å². The predicted molar refractivity (Wildman–Crippen MR) is 201 cm³/mol. The van der Waals surface area contributed by atoms with Gasteiger partial charge in [0, 0.05) is 11.7 Å².